The molecule has 0 aliphatic carbocycles. The van der Waals surface area contributed by atoms with Gasteiger partial charge in [0, 0.05) is 29.3 Å². The number of rotatable bonds is 4. The van der Waals surface area contributed by atoms with E-state index in [9.17, 15) is 8.42 Å². The molecule has 0 aliphatic heterocycles. The van der Waals surface area contributed by atoms with Crippen LogP contribution >= 0.6 is 15.9 Å². The Labute approximate surface area is 132 Å². The fraction of sp³-hybridized carbons (Fsp3) is 0.286. The van der Waals surface area contributed by atoms with Crippen LogP contribution in [0.25, 0.3) is 0 Å². The zero-order chi connectivity index (χ0) is 15.8. The molecule has 2 aromatic rings. The normalized spacial score (nSPS) is 12.0. The molecule has 2 rings (SSSR count). The molecule has 0 atom stereocenters. The van der Waals surface area contributed by atoms with Crippen molar-refractivity contribution in [1.82, 2.24) is 4.31 Å². The Morgan fingerprint density at radius 1 is 1.33 bits per heavy atom. The van der Waals surface area contributed by atoms with Crippen LogP contribution in [0.2, 0.25) is 0 Å². The number of halogens is 1. The number of nitrogen functional groups attached to an aromatic ring is 1. The van der Waals surface area contributed by atoms with Crippen molar-refractivity contribution in [1.29, 1.82) is 0 Å². The highest BCUT2D eigenvalue weighted by atomic mass is 79.9. The maximum absolute atomic E-state index is 12.7. The number of anilines is 1. The standard InChI is InChI=1S/C14H17BrN2O3S/c1-9-6-12(15)13(16)7-14(9)21(18,19)17(3)8-11-4-5-20-10(11)2/h4-7H,8,16H2,1-3H3. The maximum atomic E-state index is 12.7. The average Bonchev–Trinajstić information content (AvgIpc) is 2.79. The Kier molecular flexibility index (Phi) is 4.46. The molecule has 0 saturated heterocycles. The van der Waals surface area contributed by atoms with Crippen LogP contribution in [0, 0.1) is 13.8 Å². The van der Waals surface area contributed by atoms with Crippen LogP contribution in [-0.2, 0) is 16.6 Å². The number of nitrogens with two attached hydrogens (primary N) is 1. The third kappa shape index (κ3) is 3.14. The molecule has 0 bridgehead atoms. The van der Waals surface area contributed by atoms with Crippen molar-refractivity contribution in [2.45, 2.75) is 25.3 Å². The van der Waals surface area contributed by atoms with E-state index in [1.165, 1.54) is 10.4 Å². The van der Waals surface area contributed by atoms with Gasteiger partial charge in [-0.2, -0.15) is 4.31 Å². The monoisotopic (exact) mass is 372 g/mol. The van der Waals surface area contributed by atoms with E-state index in [0.29, 0.717) is 21.5 Å². The minimum absolute atomic E-state index is 0.215. The summed E-state index contributed by atoms with van der Waals surface area (Å²) in [6, 6.07) is 4.96. The van der Waals surface area contributed by atoms with Crippen LogP contribution in [0.1, 0.15) is 16.9 Å². The predicted octanol–water partition coefficient (Wildman–Crippen LogP) is 3.06. The largest absolute Gasteiger partial charge is 0.469 e. The van der Waals surface area contributed by atoms with Gasteiger partial charge in [0.15, 0.2) is 0 Å². The molecule has 114 valence electrons. The van der Waals surface area contributed by atoms with Gasteiger partial charge in [-0.1, -0.05) is 0 Å². The van der Waals surface area contributed by atoms with E-state index in [1.807, 2.05) is 0 Å². The molecule has 21 heavy (non-hydrogen) atoms. The van der Waals surface area contributed by atoms with Crippen LogP contribution in [0.15, 0.2) is 38.2 Å². The minimum Gasteiger partial charge on any atom is -0.469 e. The Hall–Kier alpha value is -1.31. The summed E-state index contributed by atoms with van der Waals surface area (Å²) in [4.78, 5) is 0.215. The molecular formula is C14H17BrN2O3S. The first-order valence-corrected chi connectivity index (χ1v) is 8.51. The van der Waals surface area contributed by atoms with E-state index < -0.39 is 10.0 Å². The van der Waals surface area contributed by atoms with Crippen molar-refractivity contribution in [3.8, 4) is 0 Å². The van der Waals surface area contributed by atoms with Crippen molar-refractivity contribution < 1.29 is 12.8 Å². The average molecular weight is 373 g/mol. The summed E-state index contributed by atoms with van der Waals surface area (Å²) in [5.41, 5.74) is 7.68. The van der Waals surface area contributed by atoms with Crippen molar-refractivity contribution in [2.75, 3.05) is 12.8 Å². The molecule has 0 unspecified atom stereocenters. The number of aryl methyl sites for hydroxylation is 2. The second-order valence-corrected chi connectivity index (χ2v) is 7.77. The number of hydrogen-bond donors (Lipinski definition) is 1. The third-order valence-electron chi connectivity index (χ3n) is 3.34. The van der Waals surface area contributed by atoms with Crippen LogP contribution in [0.3, 0.4) is 0 Å². The molecule has 0 saturated carbocycles. The van der Waals surface area contributed by atoms with Crippen molar-refractivity contribution >= 4 is 31.6 Å². The zero-order valence-corrected chi connectivity index (χ0v) is 14.5. The molecule has 7 heteroatoms. The van der Waals surface area contributed by atoms with Gasteiger partial charge in [0.05, 0.1) is 11.2 Å². The van der Waals surface area contributed by atoms with Gasteiger partial charge in [-0.15, -0.1) is 0 Å². The summed E-state index contributed by atoms with van der Waals surface area (Å²) < 4.78 is 32.5. The first-order valence-electron chi connectivity index (χ1n) is 6.28. The highest BCUT2D eigenvalue weighted by Crippen LogP contribution is 2.28. The lowest BCUT2D eigenvalue weighted by Crippen LogP contribution is -2.27. The van der Waals surface area contributed by atoms with Gasteiger partial charge in [0.1, 0.15) is 5.76 Å². The first-order chi connectivity index (χ1) is 9.73. The van der Waals surface area contributed by atoms with E-state index in [-0.39, 0.29) is 11.4 Å². The maximum Gasteiger partial charge on any atom is 0.243 e. The Bertz CT molecular complexity index is 769. The van der Waals surface area contributed by atoms with E-state index in [2.05, 4.69) is 15.9 Å². The summed E-state index contributed by atoms with van der Waals surface area (Å²) in [5, 5.41) is 0. The van der Waals surface area contributed by atoms with Gasteiger partial charge in [0.2, 0.25) is 10.0 Å². The fourth-order valence-corrected chi connectivity index (χ4v) is 3.86. The van der Waals surface area contributed by atoms with Gasteiger partial charge in [-0.3, -0.25) is 0 Å². The Morgan fingerprint density at radius 3 is 2.57 bits per heavy atom. The molecule has 0 amide bonds. The number of nitrogens with zero attached hydrogens (tertiary/aromatic N) is 1. The number of sulfonamides is 1. The molecule has 0 radical (unpaired) electrons. The molecule has 0 fully saturated rings. The fourth-order valence-electron chi connectivity index (χ4n) is 2.01. The van der Waals surface area contributed by atoms with E-state index in [1.54, 1.807) is 39.3 Å². The lowest BCUT2D eigenvalue weighted by molar-refractivity contribution is 0.458. The lowest BCUT2D eigenvalue weighted by Gasteiger charge is -2.19. The second-order valence-electron chi connectivity index (χ2n) is 4.90. The van der Waals surface area contributed by atoms with Gasteiger partial charge in [0.25, 0.3) is 0 Å². The summed E-state index contributed by atoms with van der Waals surface area (Å²) in [5.74, 6) is 0.712. The molecule has 1 heterocycles. The van der Waals surface area contributed by atoms with Gasteiger partial charge < -0.3 is 10.2 Å². The molecule has 1 aromatic heterocycles. The topological polar surface area (TPSA) is 76.5 Å². The van der Waals surface area contributed by atoms with E-state index >= 15 is 0 Å². The van der Waals surface area contributed by atoms with Crippen LogP contribution < -0.4 is 5.73 Å². The van der Waals surface area contributed by atoms with Crippen LogP contribution in [0.5, 0.6) is 0 Å². The summed E-state index contributed by atoms with van der Waals surface area (Å²) in [6.07, 6.45) is 1.55. The predicted molar refractivity (Wildman–Crippen MR) is 85.4 cm³/mol. The van der Waals surface area contributed by atoms with Crippen molar-refractivity contribution in [3.63, 3.8) is 0 Å². The van der Waals surface area contributed by atoms with Gasteiger partial charge in [-0.05, 0) is 53.5 Å². The summed E-state index contributed by atoms with van der Waals surface area (Å²) >= 11 is 3.30. The summed E-state index contributed by atoms with van der Waals surface area (Å²) in [7, 11) is -2.07. The molecular weight excluding hydrogens is 356 g/mol. The van der Waals surface area contributed by atoms with Crippen LogP contribution in [0.4, 0.5) is 5.69 Å². The van der Waals surface area contributed by atoms with Gasteiger partial charge in [-0.25, -0.2) is 8.42 Å². The molecule has 0 aliphatic rings. The first kappa shape index (κ1) is 16.1. The number of benzene rings is 1. The molecule has 1 aromatic carbocycles. The number of furan rings is 1. The zero-order valence-electron chi connectivity index (χ0n) is 12.1. The second kappa shape index (κ2) is 5.82. The highest BCUT2D eigenvalue weighted by Gasteiger charge is 2.24. The van der Waals surface area contributed by atoms with Gasteiger partial charge >= 0.3 is 0 Å². The molecule has 0 spiro atoms. The van der Waals surface area contributed by atoms with E-state index in [0.717, 1.165) is 5.56 Å². The van der Waals surface area contributed by atoms with Crippen LogP contribution in [-0.4, -0.2) is 19.8 Å². The minimum atomic E-state index is -3.61. The molecule has 5 nitrogen and oxygen atoms in total. The number of hydrogen-bond acceptors (Lipinski definition) is 4. The van der Waals surface area contributed by atoms with Crippen molar-refractivity contribution in [3.05, 3.63) is 45.8 Å². The lowest BCUT2D eigenvalue weighted by atomic mass is 10.2. The Balaban J connectivity index is 2.38. The summed E-state index contributed by atoms with van der Waals surface area (Å²) in [6.45, 7) is 3.80. The van der Waals surface area contributed by atoms with E-state index in [4.69, 9.17) is 10.2 Å². The highest BCUT2D eigenvalue weighted by molar-refractivity contribution is 9.10. The molecule has 2 N–H and O–H groups in total. The smallest absolute Gasteiger partial charge is 0.243 e. The SMILES string of the molecule is Cc1cc(Br)c(N)cc1S(=O)(=O)N(C)Cc1ccoc1C. The Morgan fingerprint density at radius 2 is 2.00 bits per heavy atom. The third-order valence-corrected chi connectivity index (χ3v) is 5.97. The van der Waals surface area contributed by atoms with Crippen molar-refractivity contribution in [2.24, 2.45) is 0 Å². The quantitative estimate of drug-likeness (QED) is 0.836.